The summed E-state index contributed by atoms with van der Waals surface area (Å²) >= 11 is 0. The standard InChI is InChI=1S/C18H14F3N5O2/c19-18(20,21)17-23-22-14-11-24(8-9-25(14)17)16(28)12-6-7-15(27)26(10-12)13-4-2-1-3-5-13/h1-7,10H,8-9,11H2. The monoisotopic (exact) mass is 389 g/mol. The van der Waals surface area contributed by atoms with E-state index in [0.29, 0.717) is 5.69 Å². The molecule has 0 aliphatic carbocycles. The average molecular weight is 389 g/mol. The topological polar surface area (TPSA) is 73.0 Å². The van der Waals surface area contributed by atoms with Crippen LogP contribution in [0.5, 0.6) is 0 Å². The predicted molar refractivity (Wildman–Crippen MR) is 91.8 cm³/mol. The van der Waals surface area contributed by atoms with E-state index in [1.165, 1.54) is 27.8 Å². The number of carbonyl (C=O) groups is 1. The van der Waals surface area contributed by atoms with Crippen LogP contribution in [0.25, 0.3) is 5.69 Å². The summed E-state index contributed by atoms with van der Waals surface area (Å²) in [4.78, 5) is 26.4. The van der Waals surface area contributed by atoms with Crippen LogP contribution in [0, 0.1) is 0 Å². The number of carbonyl (C=O) groups excluding carboxylic acids is 1. The molecule has 10 heteroatoms. The molecule has 4 rings (SSSR count). The van der Waals surface area contributed by atoms with Gasteiger partial charge in [-0.25, -0.2) is 0 Å². The van der Waals surface area contributed by atoms with Crippen molar-refractivity contribution in [2.24, 2.45) is 0 Å². The van der Waals surface area contributed by atoms with Crippen molar-refractivity contribution in [3.8, 4) is 5.69 Å². The first kappa shape index (κ1) is 18.0. The first-order valence-electron chi connectivity index (χ1n) is 8.41. The Kier molecular flexibility index (Phi) is 4.25. The first-order chi connectivity index (χ1) is 13.3. The molecule has 0 radical (unpaired) electrons. The van der Waals surface area contributed by atoms with Gasteiger partial charge in [0.15, 0.2) is 5.82 Å². The number of fused-ring (bicyclic) bond motifs is 1. The van der Waals surface area contributed by atoms with Crippen LogP contribution < -0.4 is 5.56 Å². The highest BCUT2D eigenvalue weighted by Crippen LogP contribution is 2.29. The largest absolute Gasteiger partial charge is 0.451 e. The van der Waals surface area contributed by atoms with Gasteiger partial charge in [0.05, 0.1) is 12.1 Å². The van der Waals surface area contributed by atoms with E-state index in [9.17, 15) is 22.8 Å². The van der Waals surface area contributed by atoms with Crippen molar-refractivity contribution in [1.82, 2.24) is 24.2 Å². The van der Waals surface area contributed by atoms with Gasteiger partial charge in [-0.2, -0.15) is 13.2 Å². The van der Waals surface area contributed by atoms with Crippen LogP contribution in [0.15, 0.2) is 53.5 Å². The Bertz CT molecular complexity index is 1090. The zero-order valence-electron chi connectivity index (χ0n) is 14.4. The average Bonchev–Trinajstić information content (AvgIpc) is 3.12. The molecule has 144 valence electrons. The summed E-state index contributed by atoms with van der Waals surface area (Å²) in [6.07, 6.45) is -3.16. The molecule has 28 heavy (non-hydrogen) atoms. The Morgan fingerprint density at radius 2 is 1.75 bits per heavy atom. The van der Waals surface area contributed by atoms with Crippen molar-refractivity contribution in [1.29, 1.82) is 0 Å². The van der Waals surface area contributed by atoms with Gasteiger partial charge in [0.2, 0.25) is 5.82 Å². The van der Waals surface area contributed by atoms with Crippen molar-refractivity contribution >= 4 is 5.91 Å². The van der Waals surface area contributed by atoms with Crippen LogP contribution in [0.2, 0.25) is 0 Å². The maximum atomic E-state index is 12.9. The Labute approximate surface area is 156 Å². The minimum Gasteiger partial charge on any atom is -0.329 e. The summed E-state index contributed by atoms with van der Waals surface area (Å²) in [6, 6.07) is 11.5. The minimum absolute atomic E-state index is 0.0543. The maximum Gasteiger partial charge on any atom is 0.451 e. The number of hydrogen-bond acceptors (Lipinski definition) is 4. The lowest BCUT2D eigenvalue weighted by Crippen LogP contribution is -2.39. The third kappa shape index (κ3) is 3.17. The van der Waals surface area contributed by atoms with Gasteiger partial charge in [0, 0.05) is 31.0 Å². The van der Waals surface area contributed by atoms with E-state index in [1.807, 2.05) is 6.07 Å². The summed E-state index contributed by atoms with van der Waals surface area (Å²) in [5.74, 6) is -1.39. The van der Waals surface area contributed by atoms with Crippen LogP contribution >= 0.6 is 0 Å². The SMILES string of the molecule is O=C(c1ccc(=O)n(-c2ccccc2)c1)N1CCn2c(nnc2C(F)(F)F)C1. The van der Waals surface area contributed by atoms with E-state index in [1.54, 1.807) is 24.3 Å². The smallest absolute Gasteiger partial charge is 0.329 e. The number of amides is 1. The van der Waals surface area contributed by atoms with Crippen molar-refractivity contribution in [3.63, 3.8) is 0 Å². The third-order valence-electron chi connectivity index (χ3n) is 4.49. The molecule has 7 nitrogen and oxygen atoms in total. The van der Waals surface area contributed by atoms with E-state index in [-0.39, 0.29) is 36.6 Å². The molecule has 1 aliphatic rings. The molecule has 0 fully saturated rings. The lowest BCUT2D eigenvalue weighted by molar-refractivity contribution is -0.147. The summed E-state index contributed by atoms with van der Waals surface area (Å²) < 4.78 is 41.1. The number of para-hydroxylation sites is 1. The normalized spacial score (nSPS) is 14.0. The summed E-state index contributed by atoms with van der Waals surface area (Å²) in [6.45, 7) is -0.0644. The molecule has 3 heterocycles. The zero-order chi connectivity index (χ0) is 19.9. The Balaban J connectivity index is 1.61. The van der Waals surface area contributed by atoms with Crippen LogP contribution in [-0.2, 0) is 19.3 Å². The van der Waals surface area contributed by atoms with Crippen molar-refractivity contribution < 1.29 is 18.0 Å². The Hall–Kier alpha value is -3.43. The molecule has 1 aromatic carbocycles. The minimum atomic E-state index is -4.59. The van der Waals surface area contributed by atoms with Crippen LogP contribution in [0.1, 0.15) is 22.0 Å². The second-order valence-electron chi connectivity index (χ2n) is 6.28. The molecular weight excluding hydrogens is 375 g/mol. The third-order valence-corrected chi connectivity index (χ3v) is 4.49. The molecular formula is C18H14F3N5O2. The number of halogens is 3. The van der Waals surface area contributed by atoms with Crippen molar-refractivity contribution in [2.75, 3.05) is 6.54 Å². The van der Waals surface area contributed by atoms with Crippen molar-refractivity contribution in [2.45, 2.75) is 19.3 Å². The van der Waals surface area contributed by atoms with E-state index < -0.39 is 17.9 Å². The highest BCUT2D eigenvalue weighted by atomic mass is 19.4. The number of nitrogens with zero attached hydrogens (tertiary/aromatic N) is 5. The number of alkyl halides is 3. The van der Waals surface area contributed by atoms with Gasteiger partial charge in [-0.1, -0.05) is 18.2 Å². The molecule has 0 spiro atoms. The zero-order valence-corrected chi connectivity index (χ0v) is 14.4. The van der Waals surface area contributed by atoms with Gasteiger partial charge in [-0.3, -0.25) is 14.2 Å². The van der Waals surface area contributed by atoms with Gasteiger partial charge >= 0.3 is 6.18 Å². The molecule has 1 aliphatic heterocycles. The number of pyridine rings is 1. The fourth-order valence-electron chi connectivity index (χ4n) is 3.13. The number of aromatic nitrogens is 4. The lowest BCUT2D eigenvalue weighted by Gasteiger charge is -2.28. The van der Waals surface area contributed by atoms with E-state index in [2.05, 4.69) is 10.2 Å². The second-order valence-corrected chi connectivity index (χ2v) is 6.28. The van der Waals surface area contributed by atoms with Gasteiger partial charge in [-0.05, 0) is 18.2 Å². The van der Waals surface area contributed by atoms with Gasteiger partial charge in [0.1, 0.15) is 0 Å². The molecule has 2 aromatic heterocycles. The molecule has 3 aromatic rings. The van der Waals surface area contributed by atoms with E-state index >= 15 is 0 Å². The predicted octanol–water partition coefficient (Wildman–Crippen LogP) is 2.10. The van der Waals surface area contributed by atoms with Crippen LogP contribution in [0.3, 0.4) is 0 Å². The molecule has 0 bridgehead atoms. The van der Waals surface area contributed by atoms with Gasteiger partial charge in [-0.15, -0.1) is 10.2 Å². The summed E-state index contributed by atoms with van der Waals surface area (Å²) in [5, 5.41) is 6.78. The fourth-order valence-corrected chi connectivity index (χ4v) is 3.13. The number of hydrogen-bond donors (Lipinski definition) is 0. The molecule has 1 amide bonds. The maximum absolute atomic E-state index is 12.9. The van der Waals surface area contributed by atoms with E-state index in [4.69, 9.17) is 0 Å². The second kappa shape index (κ2) is 6.63. The molecule has 0 saturated heterocycles. The molecule has 0 N–H and O–H groups in total. The Morgan fingerprint density at radius 3 is 2.46 bits per heavy atom. The van der Waals surface area contributed by atoms with Gasteiger partial charge < -0.3 is 9.47 Å². The first-order valence-corrected chi connectivity index (χ1v) is 8.41. The van der Waals surface area contributed by atoms with E-state index in [0.717, 1.165) is 4.57 Å². The van der Waals surface area contributed by atoms with Gasteiger partial charge in [0.25, 0.3) is 11.5 Å². The lowest BCUT2D eigenvalue weighted by atomic mass is 10.2. The number of benzene rings is 1. The highest BCUT2D eigenvalue weighted by molar-refractivity contribution is 5.94. The highest BCUT2D eigenvalue weighted by Gasteiger charge is 2.40. The number of rotatable bonds is 2. The summed E-state index contributed by atoms with van der Waals surface area (Å²) in [5.41, 5.74) is 0.568. The van der Waals surface area contributed by atoms with Crippen molar-refractivity contribution in [3.05, 3.63) is 76.2 Å². The molecule has 0 unspecified atom stereocenters. The molecule has 0 atom stereocenters. The Morgan fingerprint density at radius 1 is 1.00 bits per heavy atom. The quantitative estimate of drug-likeness (QED) is 0.673. The summed E-state index contributed by atoms with van der Waals surface area (Å²) in [7, 11) is 0. The van der Waals surface area contributed by atoms with Crippen LogP contribution in [-0.4, -0.2) is 36.7 Å². The molecule has 0 saturated carbocycles. The van der Waals surface area contributed by atoms with Crippen LogP contribution in [0.4, 0.5) is 13.2 Å². The fraction of sp³-hybridized carbons (Fsp3) is 0.222.